The monoisotopic (exact) mass is 483 g/mol. The number of rotatable bonds is 7. The summed E-state index contributed by atoms with van der Waals surface area (Å²) in [5, 5.41) is 5.80. The summed E-state index contributed by atoms with van der Waals surface area (Å²) >= 11 is 0. The van der Waals surface area contributed by atoms with E-state index in [0.29, 0.717) is 11.7 Å². The third-order valence-corrected chi connectivity index (χ3v) is 6.99. The van der Waals surface area contributed by atoms with Gasteiger partial charge in [0.05, 0.1) is 18.0 Å². The Kier molecular flexibility index (Phi) is 5.86. The molecule has 1 atom stereocenters. The molecule has 2 aromatic carbocycles. The van der Waals surface area contributed by atoms with Gasteiger partial charge in [0.1, 0.15) is 23.4 Å². The van der Waals surface area contributed by atoms with Crippen LogP contribution in [0.15, 0.2) is 53.2 Å². The number of benzene rings is 2. The maximum absolute atomic E-state index is 6.33. The molecule has 0 bridgehead atoms. The first-order chi connectivity index (χ1) is 17.6. The molecule has 1 aliphatic rings. The summed E-state index contributed by atoms with van der Waals surface area (Å²) in [4.78, 5) is 15.9. The Balaban J connectivity index is 1.34. The fourth-order valence-electron chi connectivity index (χ4n) is 4.97. The van der Waals surface area contributed by atoms with E-state index in [9.17, 15) is 0 Å². The Hall–Kier alpha value is -3.82. The zero-order valence-corrected chi connectivity index (χ0v) is 20.5. The van der Waals surface area contributed by atoms with Crippen molar-refractivity contribution in [2.75, 3.05) is 39.1 Å². The minimum atomic E-state index is 0.222. The average molecular weight is 484 g/mol. The highest BCUT2D eigenvalue weighted by atomic mass is 16.5. The number of nitrogens with zero attached hydrogens (tertiary/aromatic N) is 6. The van der Waals surface area contributed by atoms with Crippen LogP contribution in [-0.4, -0.2) is 63.0 Å². The highest BCUT2D eigenvalue weighted by Crippen LogP contribution is 2.35. The zero-order valence-electron chi connectivity index (χ0n) is 20.5. The molecule has 9 nitrogen and oxygen atoms in total. The van der Waals surface area contributed by atoms with Gasteiger partial charge in [-0.3, -0.25) is 4.90 Å². The largest absolute Gasteiger partial charge is 0.436 e. The van der Waals surface area contributed by atoms with Crippen molar-refractivity contribution >= 4 is 28.0 Å². The number of aryl methyl sites for hydroxylation is 1. The fraction of sp³-hybridized carbons (Fsp3) is 0.333. The van der Waals surface area contributed by atoms with E-state index in [4.69, 9.17) is 25.0 Å². The number of hydrogen-bond acceptors (Lipinski definition) is 8. The van der Waals surface area contributed by atoms with Crippen LogP contribution in [0.4, 0.5) is 5.82 Å². The third kappa shape index (κ3) is 4.00. The molecule has 1 saturated heterocycles. The van der Waals surface area contributed by atoms with Gasteiger partial charge in [0, 0.05) is 37.9 Å². The number of nitrogens with two attached hydrogens (primary N) is 1. The standard InChI is InChI=1S/C27H29N7O2/c1-3-17-4-9-22-21(14-17)31-27(36-22)19-7-5-18(6-8-19)24-23-25(28)29-16-30-26(23)34(32-24)20-10-11-33(15-20)12-13-35-2/h4-9,14,16,20H,3,10-13,15H2,1-2H3,(H2,28,29,30). The Morgan fingerprint density at radius 1 is 1.11 bits per heavy atom. The predicted octanol–water partition coefficient (Wildman–Crippen LogP) is 4.34. The Morgan fingerprint density at radius 2 is 1.94 bits per heavy atom. The molecule has 5 aromatic rings. The Bertz CT molecular complexity index is 1520. The van der Waals surface area contributed by atoms with E-state index in [1.54, 1.807) is 7.11 Å². The first-order valence-electron chi connectivity index (χ1n) is 12.3. The van der Waals surface area contributed by atoms with E-state index in [-0.39, 0.29) is 6.04 Å². The molecule has 6 rings (SSSR count). The number of fused-ring (bicyclic) bond motifs is 2. The van der Waals surface area contributed by atoms with Crippen LogP contribution in [0.1, 0.15) is 24.9 Å². The smallest absolute Gasteiger partial charge is 0.227 e. The normalized spacial score (nSPS) is 16.4. The molecule has 2 N–H and O–H groups in total. The van der Waals surface area contributed by atoms with E-state index >= 15 is 0 Å². The van der Waals surface area contributed by atoms with E-state index in [0.717, 1.165) is 78.0 Å². The first kappa shape index (κ1) is 22.6. The second kappa shape index (κ2) is 9.33. The lowest BCUT2D eigenvalue weighted by atomic mass is 10.1. The van der Waals surface area contributed by atoms with E-state index in [1.807, 2.05) is 35.0 Å². The topological polar surface area (TPSA) is 108 Å². The van der Waals surface area contributed by atoms with Crippen LogP contribution in [0, 0.1) is 0 Å². The molecule has 1 fully saturated rings. The molecular formula is C27H29N7O2. The van der Waals surface area contributed by atoms with Crippen LogP contribution < -0.4 is 5.73 Å². The lowest BCUT2D eigenvalue weighted by Crippen LogP contribution is -2.25. The van der Waals surface area contributed by atoms with Crippen molar-refractivity contribution in [2.45, 2.75) is 25.8 Å². The van der Waals surface area contributed by atoms with Gasteiger partial charge < -0.3 is 14.9 Å². The SMILES string of the molecule is CCc1ccc2oc(-c3ccc(-c4nn(C5CCN(CCOC)C5)c5ncnc(N)c45)cc3)nc2c1. The Labute approximate surface area is 208 Å². The maximum atomic E-state index is 6.33. The van der Waals surface area contributed by atoms with Gasteiger partial charge in [0.2, 0.25) is 5.89 Å². The van der Waals surface area contributed by atoms with Crippen LogP contribution in [0.5, 0.6) is 0 Å². The van der Waals surface area contributed by atoms with E-state index < -0.39 is 0 Å². The number of hydrogen-bond donors (Lipinski definition) is 1. The van der Waals surface area contributed by atoms with Crippen LogP contribution in [0.2, 0.25) is 0 Å². The van der Waals surface area contributed by atoms with Crippen LogP contribution >= 0.6 is 0 Å². The molecule has 0 aliphatic carbocycles. The van der Waals surface area contributed by atoms with Gasteiger partial charge in [-0.25, -0.2) is 19.6 Å². The summed E-state index contributed by atoms with van der Waals surface area (Å²) in [6.45, 7) is 5.67. The molecule has 0 spiro atoms. The average Bonchev–Trinajstić information content (AvgIpc) is 3.64. The lowest BCUT2D eigenvalue weighted by Gasteiger charge is -2.15. The fourth-order valence-corrected chi connectivity index (χ4v) is 4.97. The van der Waals surface area contributed by atoms with Crippen molar-refractivity contribution in [1.29, 1.82) is 0 Å². The van der Waals surface area contributed by atoms with Crippen LogP contribution in [0.3, 0.4) is 0 Å². The summed E-state index contributed by atoms with van der Waals surface area (Å²) in [6.07, 6.45) is 3.48. The maximum Gasteiger partial charge on any atom is 0.227 e. The first-order valence-corrected chi connectivity index (χ1v) is 12.3. The molecule has 9 heteroatoms. The minimum absolute atomic E-state index is 0.222. The number of methoxy groups -OCH3 is 1. The summed E-state index contributed by atoms with van der Waals surface area (Å²) in [5.74, 6) is 1.04. The van der Waals surface area contributed by atoms with Crippen molar-refractivity contribution in [3.8, 4) is 22.7 Å². The van der Waals surface area contributed by atoms with Gasteiger partial charge in [0.25, 0.3) is 0 Å². The molecule has 0 amide bonds. The van der Waals surface area contributed by atoms with Gasteiger partial charge in [-0.15, -0.1) is 0 Å². The number of likely N-dealkylation sites (tertiary alicyclic amines) is 1. The number of nitrogen functional groups attached to an aromatic ring is 1. The second-order valence-electron chi connectivity index (χ2n) is 9.24. The Morgan fingerprint density at radius 3 is 2.75 bits per heavy atom. The lowest BCUT2D eigenvalue weighted by molar-refractivity contribution is 0.159. The number of ether oxygens (including phenoxy) is 1. The van der Waals surface area contributed by atoms with Gasteiger partial charge in [0.15, 0.2) is 11.2 Å². The second-order valence-corrected chi connectivity index (χ2v) is 9.24. The van der Waals surface area contributed by atoms with E-state index in [1.165, 1.54) is 11.9 Å². The molecule has 0 saturated carbocycles. The molecular weight excluding hydrogens is 454 g/mol. The summed E-state index contributed by atoms with van der Waals surface area (Å²) in [7, 11) is 1.73. The molecule has 1 unspecified atom stereocenters. The number of aromatic nitrogens is 5. The van der Waals surface area contributed by atoms with Crippen molar-refractivity contribution in [3.63, 3.8) is 0 Å². The number of oxazole rings is 1. The van der Waals surface area contributed by atoms with Gasteiger partial charge >= 0.3 is 0 Å². The molecule has 0 radical (unpaired) electrons. The van der Waals surface area contributed by atoms with Gasteiger partial charge in [-0.05, 0) is 42.7 Å². The quantitative estimate of drug-likeness (QED) is 0.364. The highest BCUT2D eigenvalue weighted by molar-refractivity contribution is 5.98. The van der Waals surface area contributed by atoms with Gasteiger partial charge in [-0.2, -0.15) is 5.10 Å². The minimum Gasteiger partial charge on any atom is -0.436 e. The molecule has 36 heavy (non-hydrogen) atoms. The van der Waals surface area contributed by atoms with Crippen LogP contribution in [0.25, 0.3) is 44.8 Å². The molecule has 1 aliphatic heterocycles. The van der Waals surface area contributed by atoms with Gasteiger partial charge in [-0.1, -0.05) is 25.1 Å². The van der Waals surface area contributed by atoms with Crippen LogP contribution in [-0.2, 0) is 11.2 Å². The molecule has 184 valence electrons. The van der Waals surface area contributed by atoms with Crippen molar-refractivity contribution in [1.82, 2.24) is 29.6 Å². The zero-order chi connectivity index (χ0) is 24.6. The molecule has 3 aromatic heterocycles. The highest BCUT2D eigenvalue weighted by Gasteiger charge is 2.28. The summed E-state index contributed by atoms with van der Waals surface area (Å²) < 4.78 is 13.3. The summed E-state index contributed by atoms with van der Waals surface area (Å²) in [6, 6.07) is 14.4. The van der Waals surface area contributed by atoms with Crippen molar-refractivity contribution in [3.05, 3.63) is 54.4 Å². The molecule has 4 heterocycles. The van der Waals surface area contributed by atoms with Crippen molar-refractivity contribution < 1.29 is 9.15 Å². The van der Waals surface area contributed by atoms with E-state index in [2.05, 4.69) is 33.9 Å². The summed E-state index contributed by atoms with van der Waals surface area (Å²) in [5.41, 5.74) is 12.6. The third-order valence-electron chi connectivity index (χ3n) is 6.99. The predicted molar refractivity (Wildman–Crippen MR) is 140 cm³/mol. The number of anilines is 1. The van der Waals surface area contributed by atoms with Crippen molar-refractivity contribution in [2.24, 2.45) is 0 Å².